The number of halogens is 1. The summed E-state index contributed by atoms with van der Waals surface area (Å²) in [6.07, 6.45) is 2.39. The maximum atomic E-state index is 11.9. The maximum Gasteiger partial charge on any atom is 0.260 e. The number of nitrogens with zero attached hydrogens (tertiary/aromatic N) is 1. The Morgan fingerprint density at radius 1 is 1.38 bits per heavy atom. The van der Waals surface area contributed by atoms with E-state index in [2.05, 4.69) is 15.9 Å². The SMILES string of the molecule is CCCCN(C=O)C(=O)c1ccc(Br)cc1. The van der Waals surface area contributed by atoms with E-state index in [1.165, 1.54) is 4.90 Å². The van der Waals surface area contributed by atoms with Gasteiger partial charge in [-0.3, -0.25) is 14.5 Å². The number of hydrogen-bond acceptors (Lipinski definition) is 2. The van der Waals surface area contributed by atoms with Crippen LogP contribution >= 0.6 is 15.9 Å². The monoisotopic (exact) mass is 283 g/mol. The lowest BCUT2D eigenvalue weighted by Gasteiger charge is -2.14. The van der Waals surface area contributed by atoms with Crippen LogP contribution in [-0.4, -0.2) is 23.8 Å². The minimum absolute atomic E-state index is 0.240. The Balaban J connectivity index is 2.74. The molecular formula is C12H14BrNO2. The van der Waals surface area contributed by atoms with Gasteiger partial charge in [-0.25, -0.2) is 0 Å². The molecule has 0 spiro atoms. The Morgan fingerprint density at radius 3 is 2.50 bits per heavy atom. The van der Waals surface area contributed by atoms with Crippen molar-refractivity contribution in [3.63, 3.8) is 0 Å². The van der Waals surface area contributed by atoms with E-state index in [1.54, 1.807) is 24.3 Å². The first-order chi connectivity index (χ1) is 7.69. The lowest BCUT2D eigenvalue weighted by atomic mass is 10.2. The first-order valence-electron chi connectivity index (χ1n) is 5.21. The van der Waals surface area contributed by atoms with Gasteiger partial charge in [0.15, 0.2) is 0 Å². The highest BCUT2D eigenvalue weighted by Crippen LogP contribution is 2.12. The van der Waals surface area contributed by atoms with Crippen LogP contribution in [0.4, 0.5) is 0 Å². The van der Waals surface area contributed by atoms with Crippen LogP contribution in [0.25, 0.3) is 0 Å². The standard InChI is InChI=1S/C12H14BrNO2/c1-2-3-8-14(9-15)12(16)10-4-6-11(13)7-5-10/h4-7,9H,2-3,8H2,1H3. The van der Waals surface area contributed by atoms with E-state index in [-0.39, 0.29) is 5.91 Å². The summed E-state index contributed by atoms with van der Waals surface area (Å²) >= 11 is 3.30. The summed E-state index contributed by atoms with van der Waals surface area (Å²) in [5, 5.41) is 0. The highest BCUT2D eigenvalue weighted by Gasteiger charge is 2.13. The molecule has 0 aromatic heterocycles. The maximum absolute atomic E-state index is 11.9. The normalized spacial score (nSPS) is 9.88. The van der Waals surface area contributed by atoms with Crippen molar-refractivity contribution in [3.05, 3.63) is 34.3 Å². The summed E-state index contributed by atoms with van der Waals surface area (Å²) in [5.41, 5.74) is 0.534. The molecule has 2 amide bonds. The summed E-state index contributed by atoms with van der Waals surface area (Å²) in [5.74, 6) is -0.240. The van der Waals surface area contributed by atoms with Crippen molar-refractivity contribution in [2.75, 3.05) is 6.54 Å². The zero-order valence-corrected chi connectivity index (χ0v) is 10.7. The largest absolute Gasteiger partial charge is 0.281 e. The molecule has 0 fully saturated rings. The zero-order valence-electron chi connectivity index (χ0n) is 9.15. The highest BCUT2D eigenvalue weighted by atomic mass is 79.9. The second kappa shape index (κ2) is 6.43. The Kier molecular flexibility index (Phi) is 5.19. The number of carbonyl (C=O) groups is 2. The Bertz CT molecular complexity index is 362. The van der Waals surface area contributed by atoms with Crippen LogP contribution in [0, 0.1) is 0 Å². The van der Waals surface area contributed by atoms with Gasteiger partial charge in [0.05, 0.1) is 0 Å². The van der Waals surface area contributed by atoms with Crippen molar-refractivity contribution in [1.29, 1.82) is 0 Å². The van der Waals surface area contributed by atoms with Crippen molar-refractivity contribution in [3.8, 4) is 0 Å². The molecule has 86 valence electrons. The van der Waals surface area contributed by atoms with Crippen molar-refractivity contribution < 1.29 is 9.59 Å². The fourth-order valence-corrected chi connectivity index (χ4v) is 1.55. The van der Waals surface area contributed by atoms with Gasteiger partial charge >= 0.3 is 0 Å². The molecule has 0 aliphatic heterocycles. The van der Waals surface area contributed by atoms with Gasteiger partial charge in [-0.2, -0.15) is 0 Å². The van der Waals surface area contributed by atoms with Gasteiger partial charge in [0.1, 0.15) is 0 Å². The second-order valence-electron chi connectivity index (χ2n) is 3.46. The van der Waals surface area contributed by atoms with Gasteiger partial charge in [0.2, 0.25) is 6.41 Å². The fraction of sp³-hybridized carbons (Fsp3) is 0.333. The number of hydrogen-bond donors (Lipinski definition) is 0. The molecule has 1 rings (SSSR count). The summed E-state index contributed by atoms with van der Waals surface area (Å²) in [6, 6.07) is 6.98. The molecule has 0 N–H and O–H groups in total. The van der Waals surface area contributed by atoms with Gasteiger partial charge < -0.3 is 0 Å². The van der Waals surface area contributed by atoms with E-state index in [0.29, 0.717) is 18.5 Å². The predicted octanol–water partition coefficient (Wildman–Crippen LogP) is 2.85. The molecule has 0 aliphatic rings. The topological polar surface area (TPSA) is 37.4 Å². The van der Waals surface area contributed by atoms with Crippen LogP contribution in [-0.2, 0) is 4.79 Å². The summed E-state index contributed by atoms with van der Waals surface area (Å²) in [7, 11) is 0. The molecule has 1 aromatic rings. The summed E-state index contributed by atoms with van der Waals surface area (Å²) < 4.78 is 0.912. The molecule has 0 aliphatic carbocycles. The Morgan fingerprint density at radius 2 is 2.00 bits per heavy atom. The summed E-state index contributed by atoms with van der Waals surface area (Å²) in [4.78, 5) is 23.9. The average Bonchev–Trinajstić information content (AvgIpc) is 2.30. The van der Waals surface area contributed by atoms with Crippen molar-refractivity contribution in [1.82, 2.24) is 4.90 Å². The molecule has 0 atom stereocenters. The number of imide groups is 1. The third-order valence-electron chi connectivity index (χ3n) is 2.23. The van der Waals surface area contributed by atoms with Gasteiger partial charge in [-0.15, -0.1) is 0 Å². The smallest absolute Gasteiger partial charge is 0.260 e. The van der Waals surface area contributed by atoms with E-state index in [1.807, 2.05) is 6.92 Å². The fourth-order valence-electron chi connectivity index (χ4n) is 1.29. The first kappa shape index (κ1) is 12.9. The van der Waals surface area contributed by atoms with Crippen LogP contribution in [0.2, 0.25) is 0 Å². The van der Waals surface area contributed by atoms with Crippen LogP contribution < -0.4 is 0 Å². The predicted molar refractivity (Wildman–Crippen MR) is 66.2 cm³/mol. The molecule has 0 unspecified atom stereocenters. The summed E-state index contributed by atoms with van der Waals surface area (Å²) in [6.45, 7) is 2.50. The Labute approximate surface area is 104 Å². The number of carbonyl (C=O) groups excluding carboxylic acids is 2. The third-order valence-corrected chi connectivity index (χ3v) is 2.76. The number of unbranched alkanes of at least 4 members (excludes halogenated alkanes) is 1. The van der Waals surface area contributed by atoms with Crippen molar-refractivity contribution >= 4 is 28.2 Å². The molecule has 0 bridgehead atoms. The molecular weight excluding hydrogens is 270 g/mol. The van der Waals surface area contributed by atoms with E-state index in [4.69, 9.17) is 0 Å². The van der Waals surface area contributed by atoms with Crippen LogP contribution in [0.1, 0.15) is 30.1 Å². The van der Waals surface area contributed by atoms with Crippen molar-refractivity contribution in [2.45, 2.75) is 19.8 Å². The molecule has 3 nitrogen and oxygen atoms in total. The average molecular weight is 284 g/mol. The van der Waals surface area contributed by atoms with E-state index in [9.17, 15) is 9.59 Å². The minimum Gasteiger partial charge on any atom is -0.281 e. The quantitative estimate of drug-likeness (QED) is 0.780. The molecule has 0 saturated carbocycles. The third kappa shape index (κ3) is 3.45. The number of benzene rings is 1. The van der Waals surface area contributed by atoms with Crippen LogP contribution in [0.5, 0.6) is 0 Å². The van der Waals surface area contributed by atoms with Gasteiger partial charge in [-0.1, -0.05) is 29.3 Å². The number of amides is 2. The van der Waals surface area contributed by atoms with Gasteiger partial charge in [0.25, 0.3) is 5.91 Å². The van der Waals surface area contributed by atoms with E-state index >= 15 is 0 Å². The lowest BCUT2D eigenvalue weighted by molar-refractivity contribution is -0.116. The minimum atomic E-state index is -0.240. The lowest BCUT2D eigenvalue weighted by Crippen LogP contribution is -2.30. The molecule has 0 saturated heterocycles. The van der Waals surface area contributed by atoms with E-state index in [0.717, 1.165) is 17.3 Å². The second-order valence-corrected chi connectivity index (χ2v) is 4.38. The van der Waals surface area contributed by atoms with Crippen molar-refractivity contribution in [2.24, 2.45) is 0 Å². The van der Waals surface area contributed by atoms with Gasteiger partial charge in [-0.05, 0) is 30.7 Å². The van der Waals surface area contributed by atoms with Gasteiger partial charge in [0, 0.05) is 16.6 Å². The number of rotatable bonds is 5. The Hall–Kier alpha value is -1.16. The molecule has 1 aromatic carbocycles. The van der Waals surface area contributed by atoms with E-state index < -0.39 is 0 Å². The van der Waals surface area contributed by atoms with Crippen LogP contribution in [0.15, 0.2) is 28.7 Å². The molecule has 0 heterocycles. The molecule has 16 heavy (non-hydrogen) atoms. The molecule has 4 heteroatoms. The first-order valence-corrected chi connectivity index (χ1v) is 6.00. The van der Waals surface area contributed by atoms with Crippen LogP contribution in [0.3, 0.4) is 0 Å². The molecule has 0 radical (unpaired) electrons. The zero-order chi connectivity index (χ0) is 12.0. The highest BCUT2D eigenvalue weighted by molar-refractivity contribution is 9.10.